The Hall–Kier alpha value is -0.400. The second kappa shape index (κ2) is 6.15. The van der Waals surface area contributed by atoms with E-state index >= 15 is 0 Å². The number of hydrogen-bond acceptors (Lipinski definition) is 4. The topological polar surface area (TPSA) is 51.2 Å². The Kier molecular flexibility index (Phi) is 4.92. The van der Waals surface area contributed by atoms with Crippen LogP contribution >= 0.6 is 50.5 Å². The molecule has 0 spiro atoms. The van der Waals surface area contributed by atoms with Crippen LogP contribution in [-0.4, -0.2) is 20.0 Å². The highest BCUT2D eigenvalue weighted by Gasteiger charge is 2.24. The van der Waals surface area contributed by atoms with Gasteiger partial charge in [-0.2, -0.15) is 0 Å². The minimum Gasteiger partial charge on any atom is -0.293 e. The van der Waals surface area contributed by atoms with Crippen molar-refractivity contribution in [3.63, 3.8) is 0 Å². The summed E-state index contributed by atoms with van der Waals surface area (Å²) in [6.07, 6.45) is 0. The van der Waals surface area contributed by atoms with Crippen LogP contribution in [0.3, 0.4) is 0 Å². The van der Waals surface area contributed by atoms with Gasteiger partial charge < -0.3 is 0 Å². The molecular formula is C12H7BrCl2O3S2. The molecule has 0 N–H and O–H groups in total. The normalized spacial score (nSPS) is 11.6. The van der Waals surface area contributed by atoms with Crippen molar-refractivity contribution in [1.82, 2.24) is 0 Å². The summed E-state index contributed by atoms with van der Waals surface area (Å²) in [7, 11) is -3.74. The fourth-order valence-electron chi connectivity index (χ4n) is 1.56. The highest BCUT2D eigenvalue weighted by Crippen LogP contribution is 2.32. The zero-order chi connectivity index (χ0) is 14.9. The van der Waals surface area contributed by atoms with E-state index in [1.807, 2.05) is 0 Å². The van der Waals surface area contributed by atoms with E-state index in [9.17, 15) is 13.2 Å². The number of carbonyl (C=O) groups is 1. The van der Waals surface area contributed by atoms with Gasteiger partial charge in [0.2, 0.25) is 0 Å². The number of ketones is 1. The number of thiophene rings is 1. The average Bonchev–Trinajstić information content (AvgIpc) is 2.68. The molecule has 20 heavy (non-hydrogen) atoms. The van der Waals surface area contributed by atoms with Crippen molar-refractivity contribution in [1.29, 1.82) is 0 Å². The lowest BCUT2D eigenvalue weighted by Crippen LogP contribution is -2.16. The number of rotatable bonds is 4. The first kappa shape index (κ1) is 16.0. The van der Waals surface area contributed by atoms with Gasteiger partial charge in [-0.3, -0.25) is 4.79 Å². The fourth-order valence-corrected chi connectivity index (χ4v) is 5.39. The molecule has 0 saturated heterocycles. The van der Waals surface area contributed by atoms with E-state index in [1.165, 1.54) is 12.1 Å². The van der Waals surface area contributed by atoms with Crippen molar-refractivity contribution >= 4 is 66.1 Å². The second-order valence-corrected chi connectivity index (χ2v) is 8.95. The summed E-state index contributed by atoms with van der Waals surface area (Å²) in [4.78, 5) is 12.1. The molecule has 0 bridgehead atoms. The summed E-state index contributed by atoms with van der Waals surface area (Å²) in [5.41, 5.74) is 0.136. The van der Waals surface area contributed by atoms with E-state index in [0.717, 1.165) is 11.3 Å². The van der Waals surface area contributed by atoms with Gasteiger partial charge in [-0.15, -0.1) is 11.3 Å². The molecule has 2 rings (SSSR count). The summed E-state index contributed by atoms with van der Waals surface area (Å²) < 4.78 is 25.4. The molecule has 1 aromatic heterocycles. The van der Waals surface area contributed by atoms with Crippen LogP contribution in [0.2, 0.25) is 8.67 Å². The molecule has 0 aliphatic carbocycles. The summed E-state index contributed by atoms with van der Waals surface area (Å²) >= 11 is 15.8. The van der Waals surface area contributed by atoms with Gasteiger partial charge in [-0.05, 0) is 34.1 Å². The van der Waals surface area contributed by atoms with Crippen LogP contribution in [0.5, 0.6) is 0 Å². The van der Waals surface area contributed by atoms with Crippen LogP contribution in [0.1, 0.15) is 10.4 Å². The largest absolute Gasteiger partial charge is 0.293 e. The Morgan fingerprint density at radius 1 is 1.25 bits per heavy atom. The zero-order valence-corrected chi connectivity index (χ0v) is 14.5. The molecule has 2 aromatic rings. The predicted octanol–water partition coefficient (Wildman–Crippen LogP) is 4.47. The lowest BCUT2D eigenvalue weighted by atomic mass is 10.2. The Labute approximate surface area is 138 Å². The van der Waals surface area contributed by atoms with Crippen molar-refractivity contribution in [2.75, 3.05) is 5.75 Å². The van der Waals surface area contributed by atoms with Crippen LogP contribution < -0.4 is 0 Å². The molecule has 3 nitrogen and oxygen atoms in total. The van der Waals surface area contributed by atoms with E-state index < -0.39 is 21.4 Å². The first-order valence-corrected chi connectivity index (χ1v) is 9.28. The van der Waals surface area contributed by atoms with Crippen molar-refractivity contribution < 1.29 is 13.2 Å². The van der Waals surface area contributed by atoms with Crippen LogP contribution in [0.4, 0.5) is 0 Å². The molecule has 0 saturated carbocycles. The minimum atomic E-state index is -3.74. The Bertz CT molecular complexity index is 769. The molecule has 106 valence electrons. The third-order valence-electron chi connectivity index (χ3n) is 2.45. The van der Waals surface area contributed by atoms with Crippen LogP contribution in [0.25, 0.3) is 0 Å². The Morgan fingerprint density at radius 2 is 1.90 bits per heavy atom. The summed E-state index contributed by atoms with van der Waals surface area (Å²) in [5, 5.41) is 0. The fraction of sp³-hybridized carbons (Fsp3) is 0.0833. The third-order valence-corrected chi connectivity index (χ3v) is 6.56. The molecule has 1 heterocycles. The molecule has 0 aliphatic heterocycles. The van der Waals surface area contributed by atoms with Gasteiger partial charge >= 0.3 is 0 Å². The van der Waals surface area contributed by atoms with Gasteiger partial charge in [0.15, 0.2) is 15.6 Å². The number of hydrogen-bond donors (Lipinski definition) is 0. The molecular weight excluding hydrogens is 407 g/mol. The molecule has 0 radical (unpaired) electrons. The van der Waals surface area contributed by atoms with Crippen LogP contribution in [-0.2, 0) is 9.84 Å². The monoisotopic (exact) mass is 412 g/mol. The number of Topliss-reactive ketones (excluding diaryl/α,β-unsaturated/α-hetero) is 1. The number of sulfone groups is 1. The van der Waals surface area contributed by atoms with Crippen LogP contribution in [0, 0.1) is 0 Å². The van der Waals surface area contributed by atoms with Crippen molar-refractivity contribution in [2.45, 2.75) is 4.90 Å². The van der Waals surface area contributed by atoms with Gasteiger partial charge in [0.25, 0.3) is 0 Å². The van der Waals surface area contributed by atoms with Crippen molar-refractivity contribution in [3.05, 3.63) is 49.0 Å². The van der Waals surface area contributed by atoms with Gasteiger partial charge in [0, 0.05) is 10.0 Å². The van der Waals surface area contributed by atoms with E-state index in [-0.39, 0.29) is 14.8 Å². The lowest BCUT2D eigenvalue weighted by Gasteiger charge is -2.05. The maximum Gasteiger partial charge on any atom is 0.186 e. The molecule has 0 fully saturated rings. The quantitative estimate of drug-likeness (QED) is 0.694. The average molecular weight is 414 g/mol. The molecule has 0 unspecified atom stereocenters. The minimum absolute atomic E-state index is 0.0748. The Balaban J connectivity index is 2.32. The molecule has 1 aromatic carbocycles. The molecule has 0 amide bonds. The zero-order valence-electron chi connectivity index (χ0n) is 9.77. The van der Waals surface area contributed by atoms with Gasteiger partial charge in [-0.25, -0.2) is 8.42 Å². The number of halogens is 3. The SMILES string of the molecule is O=C(CS(=O)(=O)c1ccccc1Br)c1cc(Cl)sc1Cl. The molecule has 8 heteroatoms. The van der Waals surface area contributed by atoms with Crippen molar-refractivity contribution in [3.8, 4) is 0 Å². The van der Waals surface area contributed by atoms with E-state index in [0.29, 0.717) is 8.81 Å². The van der Waals surface area contributed by atoms with E-state index in [2.05, 4.69) is 15.9 Å². The predicted molar refractivity (Wildman–Crippen MR) is 84.9 cm³/mol. The summed E-state index contributed by atoms with van der Waals surface area (Å²) in [6, 6.07) is 7.71. The molecule has 0 atom stereocenters. The van der Waals surface area contributed by atoms with Gasteiger partial charge in [-0.1, -0.05) is 35.3 Å². The van der Waals surface area contributed by atoms with Crippen molar-refractivity contribution in [2.24, 2.45) is 0 Å². The maximum absolute atomic E-state index is 12.2. The lowest BCUT2D eigenvalue weighted by molar-refractivity contribution is 0.102. The first-order chi connectivity index (χ1) is 9.31. The number of carbonyl (C=O) groups excluding carboxylic acids is 1. The summed E-state index contributed by atoms with van der Waals surface area (Å²) in [6.45, 7) is 0. The van der Waals surface area contributed by atoms with Gasteiger partial charge in [0.1, 0.15) is 10.1 Å². The van der Waals surface area contributed by atoms with E-state index in [4.69, 9.17) is 23.2 Å². The third kappa shape index (κ3) is 3.43. The highest BCUT2D eigenvalue weighted by atomic mass is 79.9. The van der Waals surface area contributed by atoms with E-state index in [1.54, 1.807) is 18.2 Å². The summed E-state index contributed by atoms with van der Waals surface area (Å²) in [5.74, 6) is -1.23. The smallest absolute Gasteiger partial charge is 0.186 e. The van der Waals surface area contributed by atoms with Gasteiger partial charge in [0.05, 0.1) is 9.23 Å². The Morgan fingerprint density at radius 3 is 2.45 bits per heavy atom. The first-order valence-electron chi connectivity index (χ1n) is 5.26. The second-order valence-electron chi connectivity index (χ2n) is 3.85. The highest BCUT2D eigenvalue weighted by molar-refractivity contribution is 9.10. The number of benzene rings is 1. The maximum atomic E-state index is 12.2. The molecule has 0 aliphatic rings. The standard InChI is InChI=1S/C12H7BrCl2O3S2/c13-8-3-1-2-4-10(8)20(17,18)6-9(16)7-5-11(14)19-12(7)15/h1-5H,6H2. The van der Waals surface area contributed by atoms with Crippen LogP contribution in [0.15, 0.2) is 39.7 Å².